The molecule has 0 aliphatic heterocycles. The monoisotopic (exact) mass is 313 g/mol. The van der Waals surface area contributed by atoms with E-state index in [1.807, 2.05) is 49.4 Å². The van der Waals surface area contributed by atoms with Crippen molar-refractivity contribution >= 4 is 34.8 Å². The maximum absolute atomic E-state index is 12.8. The van der Waals surface area contributed by atoms with Gasteiger partial charge in [0.2, 0.25) is 0 Å². The lowest BCUT2D eigenvalue weighted by Crippen LogP contribution is -2.24. The van der Waals surface area contributed by atoms with Gasteiger partial charge in [-0.25, -0.2) is 4.39 Å². The molecule has 0 bridgehead atoms. The van der Waals surface area contributed by atoms with Crippen molar-refractivity contribution in [1.29, 1.82) is 0 Å². The molecule has 5 heteroatoms. The third-order valence-corrected chi connectivity index (χ3v) is 2.95. The van der Waals surface area contributed by atoms with E-state index >= 15 is 0 Å². The Morgan fingerprint density at radius 2 is 1.77 bits per heavy atom. The Labute approximate surface area is 134 Å². The quantitative estimate of drug-likeness (QED) is 0.504. The lowest BCUT2D eigenvalue weighted by Gasteiger charge is -2.07. The van der Waals surface area contributed by atoms with E-state index in [0.29, 0.717) is 10.8 Å². The van der Waals surface area contributed by atoms with E-state index in [1.54, 1.807) is 12.1 Å². The van der Waals surface area contributed by atoms with Crippen LogP contribution in [0.1, 0.15) is 12.5 Å². The van der Waals surface area contributed by atoms with Crippen LogP contribution in [0.25, 0.3) is 6.08 Å². The van der Waals surface area contributed by atoms with E-state index in [2.05, 4.69) is 15.8 Å². The summed E-state index contributed by atoms with van der Waals surface area (Å²) >= 11 is 5.12. The van der Waals surface area contributed by atoms with Crippen molar-refractivity contribution in [3.05, 3.63) is 72.1 Å². The molecular formula is C17H16FN3S. The van der Waals surface area contributed by atoms with Crippen LogP contribution in [0.15, 0.2) is 65.8 Å². The zero-order chi connectivity index (χ0) is 15.8. The van der Waals surface area contributed by atoms with E-state index in [1.165, 1.54) is 12.1 Å². The fourth-order valence-corrected chi connectivity index (χ4v) is 1.81. The van der Waals surface area contributed by atoms with Crippen LogP contribution in [0, 0.1) is 5.82 Å². The summed E-state index contributed by atoms with van der Waals surface area (Å²) in [5.74, 6) is -0.288. The molecule has 2 aromatic rings. The summed E-state index contributed by atoms with van der Waals surface area (Å²) in [6.07, 6.45) is 3.86. The summed E-state index contributed by atoms with van der Waals surface area (Å²) in [6, 6.07) is 15.9. The molecule has 2 rings (SSSR count). The topological polar surface area (TPSA) is 36.4 Å². The van der Waals surface area contributed by atoms with Crippen molar-refractivity contribution in [2.45, 2.75) is 6.92 Å². The van der Waals surface area contributed by atoms with Gasteiger partial charge >= 0.3 is 0 Å². The highest BCUT2D eigenvalue weighted by molar-refractivity contribution is 7.80. The molecule has 0 fully saturated rings. The van der Waals surface area contributed by atoms with Crippen LogP contribution in [-0.2, 0) is 0 Å². The number of hydrogen-bond donors (Lipinski definition) is 2. The average Bonchev–Trinajstić information content (AvgIpc) is 2.54. The summed E-state index contributed by atoms with van der Waals surface area (Å²) in [4.78, 5) is 0. The maximum Gasteiger partial charge on any atom is 0.191 e. The summed E-state index contributed by atoms with van der Waals surface area (Å²) in [5.41, 5.74) is 5.33. The normalized spacial score (nSPS) is 11.5. The Balaban J connectivity index is 1.86. The minimum atomic E-state index is -0.288. The standard InChI is InChI=1S/C17H16FN3S/c1-13(7-8-14-5-3-2-4-6-14)20-21-17(22)19-16-11-9-15(18)10-12-16/h2-12H,1H3,(H2,19,21,22)/b8-7+,20-13+. The molecule has 3 nitrogen and oxygen atoms in total. The van der Waals surface area contributed by atoms with Crippen molar-refractivity contribution in [2.75, 3.05) is 5.32 Å². The van der Waals surface area contributed by atoms with Crippen LogP contribution in [0.4, 0.5) is 10.1 Å². The van der Waals surface area contributed by atoms with Crippen LogP contribution in [0.2, 0.25) is 0 Å². The number of nitrogens with one attached hydrogen (secondary N) is 2. The van der Waals surface area contributed by atoms with Crippen LogP contribution in [0.5, 0.6) is 0 Å². The third kappa shape index (κ3) is 5.46. The van der Waals surface area contributed by atoms with Gasteiger partial charge in [-0.1, -0.05) is 36.4 Å². The molecule has 0 spiro atoms. The number of nitrogens with zero attached hydrogens (tertiary/aromatic N) is 1. The van der Waals surface area contributed by atoms with Gasteiger partial charge < -0.3 is 5.32 Å². The molecule has 0 aliphatic rings. The van der Waals surface area contributed by atoms with E-state index in [4.69, 9.17) is 12.2 Å². The first-order chi connectivity index (χ1) is 10.6. The molecule has 2 N–H and O–H groups in total. The molecule has 0 aromatic heterocycles. The number of halogens is 1. The first-order valence-electron chi connectivity index (χ1n) is 6.73. The zero-order valence-electron chi connectivity index (χ0n) is 12.1. The minimum absolute atomic E-state index is 0.288. The molecule has 0 unspecified atom stereocenters. The van der Waals surface area contributed by atoms with Gasteiger partial charge in [0.25, 0.3) is 0 Å². The van der Waals surface area contributed by atoms with Gasteiger partial charge in [0.15, 0.2) is 5.11 Å². The molecule has 112 valence electrons. The second-order valence-corrected chi connectivity index (χ2v) is 4.98. The van der Waals surface area contributed by atoms with E-state index in [0.717, 1.165) is 11.3 Å². The minimum Gasteiger partial charge on any atom is -0.331 e. The van der Waals surface area contributed by atoms with Gasteiger partial charge in [0.05, 0.1) is 5.71 Å². The van der Waals surface area contributed by atoms with E-state index in [-0.39, 0.29) is 5.82 Å². The number of allylic oxidation sites excluding steroid dienone is 1. The average molecular weight is 313 g/mol. The summed E-state index contributed by atoms with van der Waals surface area (Å²) in [7, 11) is 0. The highest BCUT2D eigenvalue weighted by Crippen LogP contribution is 2.07. The van der Waals surface area contributed by atoms with Crippen LogP contribution >= 0.6 is 12.2 Å². The highest BCUT2D eigenvalue weighted by Gasteiger charge is 1.96. The van der Waals surface area contributed by atoms with Crippen molar-refractivity contribution in [1.82, 2.24) is 5.43 Å². The predicted molar refractivity (Wildman–Crippen MR) is 94.3 cm³/mol. The third-order valence-electron chi connectivity index (χ3n) is 2.75. The molecule has 0 saturated carbocycles. The Hall–Kier alpha value is -2.53. The van der Waals surface area contributed by atoms with Crippen molar-refractivity contribution in [3.63, 3.8) is 0 Å². The maximum atomic E-state index is 12.8. The molecule has 2 aromatic carbocycles. The Morgan fingerprint density at radius 1 is 1.09 bits per heavy atom. The van der Waals surface area contributed by atoms with Crippen LogP contribution < -0.4 is 10.7 Å². The molecule has 0 saturated heterocycles. The van der Waals surface area contributed by atoms with Gasteiger partial charge in [-0.3, -0.25) is 5.43 Å². The van der Waals surface area contributed by atoms with Gasteiger partial charge in [-0.2, -0.15) is 5.10 Å². The van der Waals surface area contributed by atoms with Crippen molar-refractivity contribution < 1.29 is 4.39 Å². The van der Waals surface area contributed by atoms with Crippen LogP contribution in [-0.4, -0.2) is 10.8 Å². The van der Waals surface area contributed by atoms with Gasteiger partial charge in [0, 0.05) is 5.69 Å². The summed E-state index contributed by atoms with van der Waals surface area (Å²) in [5, 5.41) is 7.42. The second kappa shape index (κ2) is 8.05. The lowest BCUT2D eigenvalue weighted by molar-refractivity contribution is 0.628. The van der Waals surface area contributed by atoms with Gasteiger partial charge in [-0.15, -0.1) is 0 Å². The number of anilines is 1. The molecular weight excluding hydrogens is 297 g/mol. The summed E-state index contributed by atoms with van der Waals surface area (Å²) in [6.45, 7) is 1.87. The van der Waals surface area contributed by atoms with Crippen molar-refractivity contribution in [2.24, 2.45) is 5.10 Å². The number of hydrazone groups is 1. The Bertz CT molecular complexity index is 679. The first-order valence-corrected chi connectivity index (χ1v) is 7.14. The zero-order valence-corrected chi connectivity index (χ0v) is 12.9. The SMILES string of the molecule is CC(/C=C/c1ccccc1)=N\NC(=S)Nc1ccc(F)cc1. The molecule has 22 heavy (non-hydrogen) atoms. The van der Waals surface area contributed by atoms with Crippen molar-refractivity contribution in [3.8, 4) is 0 Å². The lowest BCUT2D eigenvalue weighted by atomic mass is 10.2. The Kier molecular flexibility index (Phi) is 5.80. The smallest absolute Gasteiger partial charge is 0.191 e. The highest BCUT2D eigenvalue weighted by atomic mass is 32.1. The van der Waals surface area contributed by atoms with Gasteiger partial charge in [0.1, 0.15) is 5.82 Å². The number of thiocarbonyl (C=S) groups is 1. The first kappa shape index (κ1) is 15.9. The predicted octanol–water partition coefficient (Wildman–Crippen LogP) is 4.20. The summed E-state index contributed by atoms with van der Waals surface area (Å²) < 4.78 is 12.8. The molecule has 0 atom stereocenters. The number of hydrogen-bond acceptors (Lipinski definition) is 2. The number of benzene rings is 2. The second-order valence-electron chi connectivity index (χ2n) is 4.57. The molecule has 0 amide bonds. The molecule has 0 heterocycles. The Morgan fingerprint density at radius 3 is 2.45 bits per heavy atom. The van der Waals surface area contributed by atoms with Crippen LogP contribution in [0.3, 0.4) is 0 Å². The van der Waals surface area contributed by atoms with Gasteiger partial charge in [-0.05, 0) is 55.0 Å². The molecule has 0 radical (unpaired) electrons. The number of rotatable bonds is 4. The molecule has 0 aliphatic carbocycles. The fraction of sp³-hybridized carbons (Fsp3) is 0.0588. The van der Waals surface area contributed by atoms with E-state index < -0.39 is 0 Å². The largest absolute Gasteiger partial charge is 0.331 e. The van der Waals surface area contributed by atoms with E-state index in [9.17, 15) is 4.39 Å². The fourth-order valence-electron chi connectivity index (χ4n) is 1.65.